The van der Waals surface area contributed by atoms with E-state index in [1.165, 1.54) is 12.1 Å². The third-order valence-corrected chi connectivity index (χ3v) is 6.14. The summed E-state index contributed by atoms with van der Waals surface area (Å²) in [6.45, 7) is 0.806. The minimum Gasteiger partial charge on any atom is -0.370 e. The average Bonchev–Trinajstić information content (AvgIpc) is 3.01. The molecule has 6 heteroatoms. The zero-order chi connectivity index (χ0) is 22.8. The van der Waals surface area contributed by atoms with Crippen molar-refractivity contribution >= 4 is 5.82 Å². The molecule has 2 heterocycles. The number of anilines is 1. The molecular weight excluding hydrogens is 423 g/mol. The van der Waals surface area contributed by atoms with Crippen LogP contribution in [0.25, 0.3) is 5.69 Å². The largest absolute Gasteiger partial charge is 0.416 e. The van der Waals surface area contributed by atoms with Gasteiger partial charge in [-0.25, -0.2) is 4.68 Å². The maximum absolute atomic E-state index is 13.1. The lowest BCUT2D eigenvalue weighted by molar-refractivity contribution is -0.137. The maximum atomic E-state index is 13.1. The normalized spacial score (nSPS) is 13.9. The summed E-state index contributed by atoms with van der Waals surface area (Å²) in [5, 5.41) is 8.52. The lowest BCUT2D eigenvalue weighted by Gasteiger charge is -2.18. The molecule has 0 aliphatic carbocycles. The molecule has 0 spiro atoms. The smallest absolute Gasteiger partial charge is 0.370 e. The number of benzene rings is 3. The molecule has 1 aliphatic rings. The van der Waals surface area contributed by atoms with Gasteiger partial charge in [0.1, 0.15) is 5.82 Å². The molecule has 0 radical (unpaired) electrons. The van der Waals surface area contributed by atoms with Gasteiger partial charge in [-0.1, -0.05) is 60.7 Å². The van der Waals surface area contributed by atoms with E-state index in [0.29, 0.717) is 5.69 Å². The van der Waals surface area contributed by atoms with Crippen molar-refractivity contribution in [3.63, 3.8) is 0 Å². The zero-order valence-electron chi connectivity index (χ0n) is 18.0. The Morgan fingerprint density at radius 1 is 0.788 bits per heavy atom. The molecule has 168 valence electrons. The monoisotopic (exact) mass is 447 g/mol. The van der Waals surface area contributed by atoms with Gasteiger partial charge in [0.25, 0.3) is 0 Å². The Hall–Kier alpha value is -3.54. The standard InChI is InChI=1S/C27H24F3N3/c28-27(29,30)21-14-16-22(17-15-21)33-26-23(13-7-8-18-31-26)25(32-33)24(19-9-3-1-4-10-19)20-11-5-2-6-12-20/h1-6,9-12,14-17,24,31H,7-8,13,18H2. The lowest BCUT2D eigenvalue weighted by atomic mass is 9.86. The Morgan fingerprint density at radius 2 is 1.39 bits per heavy atom. The van der Waals surface area contributed by atoms with Crippen LogP contribution in [0.3, 0.4) is 0 Å². The lowest BCUT2D eigenvalue weighted by Crippen LogP contribution is -2.09. The first-order valence-corrected chi connectivity index (χ1v) is 11.2. The summed E-state index contributed by atoms with van der Waals surface area (Å²) in [6, 6.07) is 25.7. The number of halogens is 3. The predicted octanol–water partition coefficient (Wildman–Crippen LogP) is 6.82. The van der Waals surface area contributed by atoms with Gasteiger partial charge in [0.15, 0.2) is 0 Å². The second kappa shape index (κ2) is 8.77. The van der Waals surface area contributed by atoms with Gasteiger partial charge in [0, 0.05) is 12.1 Å². The fraction of sp³-hybridized carbons (Fsp3) is 0.222. The van der Waals surface area contributed by atoms with Gasteiger partial charge in [-0.05, 0) is 54.7 Å². The topological polar surface area (TPSA) is 29.9 Å². The Balaban J connectivity index is 1.68. The molecule has 0 atom stereocenters. The highest BCUT2D eigenvalue weighted by Gasteiger charge is 2.31. The van der Waals surface area contributed by atoms with Gasteiger partial charge in [-0.3, -0.25) is 0 Å². The first-order chi connectivity index (χ1) is 16.0. The molecule has 0 unspecified atom stereocenters. The maximum Gasteiger partial charge on any atom is 0.416 e. The van der Waals surface area contributed by atoms with Crippen molar-refractivity contribution in [2.24, 2.45) is 0 Å². The third kappa shape index (κ3) is 4.25. The molecule has 3 aromatic carbocycles. The van der Waals surface area contributed by atoms with E-state index in [1.54, 1.807) is 4.68 Å². The van der Waals surface area contributed by atoms with Gasteiger partial charge < -0.3 is 5.32 Å². The van der Waals surface area contributed by atoms with Gasteiger partial charge >= 0.3 is 6.18 Å². The van der Waals surface area contributed by atoms with Gasteiger partial charge in [-0.2, -0.15) is 18.3 Å². The van der Waals surface area contributed by atoms with Crippen LogP contribution >= 0.6 is 0 Å². The summed E-state index contributed by atoms with van der Waals surface area (Å²) in [4.78, 5) is 0. The van der Waals surface area contributed by atoms with Crippen molar-refractivity contribution in [2.75, 3.05) is 11.9 Å². The molecule has 1 aliphatic heterocycles. The summed E-state index contributed by atoms with van der Waals surface area (Å²) in [5.74, 6) is 0.802. The molecule has 3 nitrogen and oxygen atoms in total. The van der Waals surface area contributed by atoms with Crippen molar-refractivity contribution in [2.45, 2.75) is 31.4 Å². The van der Waals surface area contributed by atoms with Crippen LogP contribution in [0.5, 0.6) is 0 Å². The summed E-state index contributed by atoms with van der Waals surface area (Å²) in [6.07, 6.45) is -1.44. The van der Waals surface area contributed by atoms with Crippen LogP contribution in [-0.2, 0) is 12.6 Å². The van der Waals surface area contributed by atoms with E-state index >= 15 is 0 Å². The highest BCUT2D eigenvalue weighted by Crippen LogP contribution is 2.39. The molecule has 5 rings (SSSR count). The minimum atomic E-state index is -4.37. The van der Waals surface area contributed by atoms with Crippen LogP contribution in [-0.4, -0.2) is 16.3 Å². The van der Waals surface area contributed by atoms with Gasteiger partial charge in [-0.15, -0.1) is 0 Å². The highest BCUT2D eigenvalue weighted by molar-refractivity contribution is 5.58. The quantitative estimate of drug-likeness (QED) is 0.372. The molecule has 0 saturated heterocycles. The molecular formula is C27H24F3N3. The predicted molar refractivity (Wildman–Crippen MR) is 124 cm³/mol. The summed E-state index contributed by atoms with van der Waals surface area (Å²) in [5.41, 5.74) is 4.28. The number of nitrogens with zero attached hydrogens (tertiary/aromatic N) is 2. The van der Waals surface area contributed by atoms with Crippen LogP contribution in [0, 0.1) is 0 Å². The molecule has 0 amide bonds. The number of hydrogen-bond donors (Lipinski definition) is 1. The van der Waals surface area contributed by atoms with Crippen LogP contribution < -0.4 is 5.32 Å². The Bertz CT molecular complexity index is 1170. The number of aromatic nitrogens is 2. The van der Waals surface area contributed by atoms with Crippen LogP contribution in [0.15, 0.2) is 84.9 Å². The Morgan fingerprint density at radius 3 is 1.97 bits per heavy atom. The SMILES string of the molecule is FC(F)(F)c1ccc(-n2nc(C(c3ccccc3)c3ccccc3)c3c2NCCCC3)cc1. The van der Waals surface area contributed by atoms with E-state index in [0.717, 1.165) is 66.1 Å². The fourth-order valence-corrected chi connectivity index (χ4v) is 4.54. The third-order valence-electron chi connectivity index (χ3n) is 6.14. The van der Waals surface area contributed by atoms with Crippen molar-refractivity contribution in [3.8, 4) is 5.69 Å². The van der Waals surface area contributed by atoms with Crippen LogP contribution in [0.2, 0.25) is 0 Å². The van der Waals surface area contributed by atoms with Crippen molar-refractivity contribution in [3.05, 3.63) is 113 Å². The fourth-order valence-electron chi connectivity index (χ4n) is 4.54. The molecule has 0 fully saturated rings. The molecule has 0 saturated carbocycles. The van der Waals surface area contributed by atoms with Gasteiger partial charge in [0.2, 0.25) is 0 Å². The van der Waals surface area contributed by atoms with Crippen LogP contribution in [0.1, 0.15) is 46.7 Å². The van der Waals surface area contributed by atoms with Crippen LogP contribution in [0.4, 0.5) is 19.0 Å². The number of rotatable bonds is 4. The average molecular weight is 448 g/mol. The van der Waals surface area contributed by atoms with Gasteiger partial charge in [0.05, 0.1) is 22.9 Å². The molecule has 1 N–H and O–H groups in total. The van der Waals surface area contributed by atoms with E-state index in [1.807, 2.05) is 36.4 Å². The molecule has 33 heavy (non-hydrogen) atoms. The van der Waals surface area contributed by atoms with E-state index < -0.39 is 11.7 Å². The van der Waals surface area contributed by atoms with Crippen molar-refractivity contribution < 1.29 is 13.2 Å². The van der Waals surface area contributed by atoms with E-state index in [9.17, 15) is 13.2 Å². The summed E-state index contributed by atoms with van der Waals surface area (Å²) >= 11 is 0. The zero-order valence-corrected chi connectivity index (χ0v) is 18.0. The molecule has 0 bridgehead atoms. The number of alkyl halides is 3. The highest BCUT2D eigenvalue weighted by atomic mass is 19.4. The first kappa shape index (κ1) is 21.3. The van der Waals surface area contributed by atoms with Crippen molar-refractivity contribution in [1.29, 1.82) is 0 Å². The van der Waals surface area contributed by atoms with E-state index in [-0.39, 0.29) is 5.92 Å². The minimum absolute atomic E-state index is 0.0725. The second-order valence-electron chi connectivity index (χ2n) is 8.31. The Labute approximate surface area is 190 Å². The molecule has 1 aromatic heterocycles. The number of hydrogen-bond acceptors (Lipinski definition) is 2. The van der Waals surface area contributed by atoms with E-state index in [4.69, 9.17) is 5.10 Å². The Kier molecular flexibility index (Phi) is 5.67. The summed E-state index contributed by atoms with van der Waals surface area (Å²) < 4.78 is 41.1. The first-order valence-electron chi connectivity index (χ1n) is 11.2. The molecule has 4 aromatic rings. The van der Waals surface area contributed by atoms with E-state index in [2.05, 4.69) is 29.6 Å². The number of fused-ring (bicyclic) bond motifs is 1. The second-order valence-corrected chi connectivity index (χ2v) is 8.31. The summed E-state index contributed by atoms with van der Waals surface area (Å²) in [7, 11) is 0. The van der Waals surface area contributed by atoms with Crippen molar-refractivity contribution in [1.82, 2.24) is 9.78 Å². The number of nitrogens with one attached hydrogen (secondary N) is 1.